The number of amides is 2. The largest absolute Gasteiger partial charge is 0.444 e. The molecule has 39 heavy (non-hydrogen) atoms. The Bertz CT molecular complexity index is 1380. The van der Waals surface area contributed by atoms with Gasteiger partial charge in [0.1, 0.15) is 5.60 Å². The van der Waals surface area contributed by atoms with Crippen molar-refractivity contribution in [2.45, 2.75) is 46.3 Å². The van der Waals surface area contributed by atoms with Gasteiger partial charge in [-0.3, -0.25) is 4.79 Å². The number of likely N-dealkylation sites (N-methyl/N-ethyl adjacent to an activating group) is 1. The van der Waals surface area contributed by atoms with Crippen LogP contribution in [0.25, 0.3) is 16.7 Å². The lowest BCUT2D eigenvalue weighted by Gasteiger charge is -2.34. The van der Waals surface area contributed by atoms with Gasteiger partial charge in [-0.2, -0.15) is 0 Å². The minimum absolute atomic E-state index is 0.137. The van der Waals surface area contributed by atoms with E-state index < -0.39 is 11.7 Å². The van der Waals surface area contributed by atoms with Gasteiger partial charge in [-0.15, -0.1) is 0 Å². The van der Waals surface area contributed by atoms with Gasteiger partial charge < -0.3 is 14.5 Å². The first-order chi connectivity index (χ1) is 18.6. The second-order valence-corrected chi connectivity index (χ2v) is 11.4. The van der Waals surface area contributed by atoms with Crippen LogP contribution in [0.5, 0.6) is 0 Å². The summed E-state index contributed by atoms with van der Waals surface area (Å²) < 4.78 is 5.64. The molecule has 1 heterocycles. The highest BCUT2D eigenvalue weighted by Crippen LogP contribution is 2.33. The van der Waals surface area contributed by atoms with Crippen LogP contribution in [0, 0.1) is 0 Å². The zero-order valence-electron chi connectivity index (χ0n) is 22.8. The first-order valence-electron chi connectivity index (χ1n) is 13.2. The van der Waals surface area contributed by atoms with Gasteiger partial charge in [-0.05, 0) is 74.1 Å². The fraction of sp³-hybridized carbons (Fsp3) is 0.312. The van der Waals surface area contributed by atoms with Crippen LogP contribution < -0.4 is 0 Å². The summed E-state index contributed by atoms with van der Waals surface area (Å²) in [7, 11) is 0. The number of hydrogen-bond acceptors (Lipinski definition) is 3. The maximum absolute atomic E-state index is 14.1. The molecular formula is C32H34Cl2N2O3. The molecule has 1 aliphatic rings. The molecule has 0 aromatic heterocycles. The minimum Gasteiger partial charge on any atom is -0.444 e. The summed E-state index contributed by atoms with van der Waals surface area (Å²) in [5, 5.41) is 0.887. The van der Waals surface area contributed by atoms with Gasteiger partial charge in [0.25, 0.3) is 5.91 Å². The first kappa shape index (κ1) is 28.7. The molecule has 4 rings (SSSR count). The molecule has 0 aliphatic carbocycles. The van der Waals surface area contributed by atoms with Gasteiger partial charge in [0.05, 0.1) is 16.6 Å². The molecule has 5 nitrogen and oxygen atoms in total. The molecule has 2 amide bonds. The predicted octanol–water partition coefficient (Wildman–Crippen LogP) is 8.10. The van der Waals surface area contributed by atoms with E-state index in [1.807, 2.05) is 70.2 Å². The van der Waals surface area contributed by atoms with Crippen molar-refractivity contribution in [1.82, 2.24) is 9.80 Å². The van der Waals surface area contributed by atoms with Crippen molar-refractivity contribution in [3.05, 3.63) is 99.5 Å². The van der Waals surface area contributed by atoms with Crippen LogP contribution in [0.1, 0.15) is 45.2 Å². The fourth-order valence-electron chi connectivity index (χ4n) is 4.67. The Morgan fingerprint density at radius 2 is 1.59 bits per heavy atom. The Balaban J connectivity index is 1.73. The molecule has 0 saturated heterocycles. The molecule has 0 saturated carbocycles. The number of carbonyl (C=O) groups excluding carboxylic acids is 2. The lowest BCUT2D eigenvalue weighted by Crippen LogP contribution is -2.44. The Labute approximate surface area is 241 Å². The van der Waals surface area contributed by atoms with Crippen LogP contribution in [0.15, 0.2) is 78.4 Å². The van der Waals surface area contributed by atoms with Crippen molar-refractivity contribution in [3.8, 4) is 11.1 Å². The molecule has 0 bridgehead atoms. The molecule has 3 aromatic carbocycles. The summed E-state index contributed by atoms with van der Waals surface area (Å²) in [5.41, 5.74) is 4.80. The van der Waals surface area contributed by atoms with E-state index in [0.717, 1.165) is 27.8 Å². The van der Waals surface area contributed by atoms with Gasteiger partial charge in [0, 0.05) is 25.2 Å². The van der Waals surface area contributed by atoms with E-state index in [1.54, 1.807) is 15.9 Å². The van der Waals surface area contributed by atoms with Crippen LogP contribution in [0.3, 0.4) is 0 Å². The van der Waals surface area contributed by atoms with Gasteiger partial charge in [-0.1, -0.05) is 83.9 Å². The quantitative estimate of drug-likeness (QED) is 0.304. The van der Waals surface area contributed by atoms with Crippen molar-refractivity contribution in [2.75, 3.05) is 19.6 Å². The zero-order valence-corrected chi connectivity index (χ0v) is 24.4. The summed E-state index contributed by atoms with van der Waals surface area (Å²) in [6, 6.07) is 23.8. The van der Waals surface area contributed by atoms with E-state index in [0.29, 0.717) is 41.7 Å². The zero-order chi connectivity index (χ0) is 28.2. The van der Waals surface area contributed by atoms with E-state index in [-0.39, 0.29) is 12.5 Å². The molecule has 0 fully saturated rings. The monoisotopic (exact) mass is 564 g/mol. The SMILES string of the molecule is CCN(Cc1cccc(Cl)c1Cl)C(=O)C1=C(c2cccc(-c3ccccc3)c2)CCN(C(=O)OC(C)(C)C)C1. The van der Waals surface area contributed by atoms with Crippen LogP contribution in [-0.4, -0.2) is 47.0 Å². The molecule has 3 aromatic rings. The van der Waals surface area contributed by atoms with Gasteiger partial charge in [-0.25, -0.2) is 4.79 Å². The van der Waals surface area contributed by atoms with Crippen LogP contribution >= 0.6 is 23.2 Å². The molecule has 1 aliphatic heterocycles. The van der Waals surface area contributed by atoms with Crippen LogP contribution in [0.4, 0.5) is 4.79 Å². The maximum Gasteiger partial charge on any atom is 0.410 e. The smallest absolute Gasteiger partial charge is 0.410 e. The van der Waals surface area contributed by atoms with Crippen molar-refractivity contribution in [2.24, 2.45) is 0 Å². The number of halogens is 2. The van der Waals surface area contributed by atoms with Crippen molar-refractivity contribution in [3.63, 3.8) is 0 Å². The summed E-state index contributed by atoms with van der Waals surface area (Å²) in [6.07, 6.45) is 0.111. The number of hydrogen-bond donors (Lipinski definition) is 0. The summed E-state index contributed by atoms with van der Waals surface area (Å²) in [6.45, 7) is 8.85. The highest BCUT2D eigenvalue weighted by molar-refractivity contribution is 6.42. The van der Waals surface area contributed by atoms with Gasteiger partial charge >= 0.3 is 6.09 Å². The number of nitrogens with zero attached hydrogens (tertiary/aromatic N) is 2. The number of rotatable bonds is 6. The summed E-state index contributed by atoms with van der Waals surface area (Å²) in [5.74, 6) is -0.137. The summed E-state index contributed by atoms with van der Waals surface area (Å²) in [4.78, 5) is 30.5. The summed E-state index contributed by atoms with van der Waals surface area (Å²) >= 11 is 12.7. The third-order valence-corrected chi connectivity index (χ3v) is 7.49. The van der Waals surface area contributed by atoms with Crippen molar-refractivity contribution >= 4 is 40.8 Å². The van der Waals surface area contributed by atoms with Crippen molar-refractivity contribution < 1.29 is 14.3 Å². The fourth-order valence-corrected chi connectivity index (χ4v) is 5.05. The standard InChI is InChI=1S/C32H34Cl2N2O3/c1-5-35(20-25-15-10-16-28(33)29(25)34)30(37)27-21-36(31(38)39-32(2,3)4)18-17-26(27)24-14-9-13-23(19-24)22-11-7-6-8-12-22/h6-16,19H,5,17-18,20-21H2,1-4H3. The molecule has 0 spiro atoms. The Kier molecular flexibility index (Phi) is 9.04. The molecule has 204 valence electrons. The minimum atomic E-state index is -0.631. The van der Waals surface area contributed by atoms with Crippen LogP contribution in [0.2, 0.25) is 10.0 Å². The van der Waals surface area contributed by atoms with E-state index in [2.05, 4.69) is 24.3 Å². The lowest BCUT2D eigenvalue weighted by atomic mass is 9.90. The van der Waals surface area contributed by atoms with Crippen molar-refractivity contribution in [1.29, 1.82) is 0 Å². The Morgan fingerprint density at radius 1 is 0.923 bits per heavy atom. The third-order valence-electron chi connectivity index (χ3n) is 6.63. The first-order valence-corrected chi connectivity index (χ1v) is 13.9. The average molecular weight is 566 g/mol. The van der Waals surface area contributed by atoms with Crippen LogP contribution in [-0.2, 0) is 16.1 Å². The number of benzene rings is 3. The maximum atomic E-state index is 14.1. The second-order valence-electron chi connectivity index (χ2n) is 10.6. The molecule has 0 N–H and O–H groups in total. The van der Waals surface area contributed by atoms with E-state index in [9.17, 15) is 9.59 Å². The van der Waals surface area contributed by atoms with E-state index in [4.69, 9.17) is 27.9 Å². The normalized spacial score (nSPS) is 13.8. The molecule has 0 atom stereocenters. The third kappa shape index (κ3) is 7.03. The molecule has 7 heteroatoms. The topological polar surface area (TPSA) is 49.9 Å². The highest BCUT2D eigenvalue weighted by Gasteiger charge is 2.32. The molecular weight excluding hydrogens is 531 g/mol. The Hall–Kier alpha value is -3.28. The van der Waals surface area contributed by atoms with Gasteiger partial charge in [0.2, 0.25) is 0 Å². The van der Waals surface area contributed by atoms with E-state index in [1.165, 1.54) is 0 Å². The number of ether oxygens (including phenoxy) is 1. The molecule has 0 radical (unpaired) electrons. The Morgan fingerprint density at radius 3 is 2.28 bits per heavy atom. The second kappa shape index (κ2) is 12.3. The molecule has 0 unspecified atom stereocenters. The van der Waals surface area contributed by atoms with Gasteiger partial charge in [0.15, 0.2) is 0 Å². The average Bonchev–Trinajstić information content (AvgIpc) is 2.93. The number of carbonyl (C=O) groups is 2. The highest BCUT2D eigenvalue weighted by atomic mass is 35.5. The lowest BCUT2D eigenvalue weighted by molar-refractivity contribution is -0.127. The van der Waals surface area contributed by atoms with E-state index >= 15 is 0 Å². The predicted molar refractivity (Wildman–Crippen MR) is 159 cm³/mol.